The Morgan fingerprint density at radius 1 is 1.06 bits per heavy atom. The van der Waals surface area contributed by atoms with Gasteiger partial charge in [0.15, 0.2) is 0 Å². The zero-order valence-corrected chi connectivity index (χ0v) is 9.82. The Balaban J connectivity index is 1.78. The van der Waals surface area contributed by atoms with Gasteiger partial charge in [0.1, 0.15) is 0 Å². The van der Waals surface area contributed by atoms with Gasteiger partial charge < -0.3 is 10.5 Å². The van der Waals surface area contributed by atoms with Crippen LogP contribution in [0.3, 0.4) is 0 Å². The molecule has 0 atom stereocenters. The number of unbranched alkanes of at least 4 members (excludes halogenated alkanes) is 1. The van der Waals surface area contributed by atoms with Crippen LogP contribution in [0.25, 0.3) is 0 Å². The first-order valence-corrected chi connectivity index (χ1v) is 6.24. The first-order valence-electron chi connectivity index (χ1n) is 6.24. The van der Waals surface area contributed by atoms with Crippen LogP contribution in [0, 0.1) is 5.92 Å². The van der Waals surface area contributed by atoms with Gasteiger partial charge in [-0.1, -0.05) is 24.3 Å². The van der Waals surface area contributed by atoms with Crippen LogP contribution in [0.2, 0.25) is 0 Å². The van der Waals surface area contributed by atoms with Crippen LogP contribution in [0.5, 0.6) is 0 Å². The molecule has 1 aromatic carbocycles. The molecule has 1 heterocycles. The first kappa shape index (κ1) is 11.6. The lowest BCUT2D eigenvalue weighted by Crippen LogP contribution is -2.29. The molecule has 1 aromatic rings. The minimum atomic E-state index is 0.753. The molecule has 1 aliphatic rings. The fourth-order valence-electron chi connectivity index (χ4n) is 2.05. The van der Waals surface area contributed by atoms with E-state index in [4.69, 9.17) is 10.5 Å². The molecule has 1 saturated heterocycles. The molecule has 16 heavy (non-hydrogen) atoms. The van der Waals surface area contributed by atoms with Gasteiger partial charge in [-0.05, 0) is 43.4 Å². The Morgan fingerprint density at radius 3 is 2.31 bits per heavy atom. The fourth-order valence-corrected chi connectivity index (χ4v) is 2.05. The van der Waals surface area contributed by atoms with E-state index in [9.17, 15) is 0 Å². The quantitative estimate of drug-likeness (QED) is 0.744. The van der Waals surface area contributed by atoms with Crippen molar-refractivity contribution in [2.45, 2.75) is 25.7 Å². The standard InChI is InChI=1S/C14H21NO/c15-8-2-1-3-12-4-6-13(7-5-12)9-14-10-16-11-14/h4-7,14H,1-3,8-11,15H2. The second kappa shape index (κ2) is 6.02. The van der Waals surface area contributed by atoms with Crippen molar-refractivity contribution in [2.75, 3.05) is 19.8 Å². The number of ether oxygens (including phenoxy) is 1. The second-order valence-electron chi connectivity index (χ2n) is 4.67. The fraction of sp³-hybridized carbons (Fsp3) is 0.571. The lowest BCUT2D eigenvalue weighted by molar-refractivity contribution is -0.0312. The van der Waals surface area contributed by atoms with Crippen molar-refractivity contribution in [1.29, 1.82) is 0 Å². The molecule has 88 valence electrons. The van der Waals surface area contributed by atoms with Crippen LogP contribution in [0.1, 0.15) is 24.0 Å². The molecule has 0 saturated carbocycles. The number of benzene rings is 1. The number of nitrogens with two attached hydrogens (primary N) is 1. The van der Waals surface area contributed by atoms with E-state index in [-0.39, 0.29) is 0 Å². The zero-order chi connectivity index (χ0) is 11.2. The average molecular weight is 219 g/mol. The van der Waals surface area contributed by atoms with Crippen LogP contribution >= 0.6 is 0 Å². The summed E-state index contributed by atoms with van der Waals surface area (Å²) in [6.45, 7) is 2.69. The van der Waals surface area contributed by atoms with Crippen molar-refractivity contribution in [3.8, 4) is 0 Å². The monoisotopic (exact) mass is 219 g/mol. The molecule has 0 unspecified atom stereocenters. The molecular formula is C14H21NO. The van der Waals surface area contributed by atoms with Crippen LogP contribution in [0.4, 0.5) is 0 Å². The van der Waals surface area contributed by atoms with Crippen LogP contribution < -0.4 is 5.73 Å². The number of aryl methyl sites for hydroxylation is 1. The van der Waals surface area contributed by atoms with Crippen molar-refractivity contribution >= 4 is 0 Å². The lowest BCUT2D eigenvalue weighted by atomic mass is 9.96. The molecule has 0 spiro atoms. The highest BCUT2D eigenvalue weighted by atomic mass is 16.5. The second-order valence-corrected chi connectivity index (χ2v) is 4.67. The van der Waals surface area contributed by atoms with E-state index in [2.05, 4.69) is 24.3 Å². The summed E-state index contributed by atoms with van der Waals surface area (Å²) in [7, 11) is 0. The molecule has 0 aromatic heterocycles. The predicted octanol–water partition coefficient (Wildman–Crippen LogP) is 2.16. The topological polar surface area (TPSA) is 35.2 Å². The summed E-state index contributed by atoms with van der Waals surface area (Å²) in [5.41, 5.74) is 8.35. The highest BCUT2D eigenvalue weighted by Gasteiger charge is 2.18. The maximum absolute atomic E-state index is 5.48. The molecular weight excluding hydrogens is 198 g/mol. The van der Waals surface area contributed by atoms with Crippen molar-refractivity contribution in [1.82, 2.24) is 0 Å². The van der Waals surface area contributed by atoms with Crippen LogP contribution in [-0.2, 0) is 17.6 Å². The molecule has 2 rings (SSSR count). The Hall–Kier alpha value is -0.860. The highest BCUT2D eigenvalue weighted by Crippen LogP contribution is 2.17. The molecule has 2 nitrogen and oxygen atoms in total. The molecule has 0 aliphatic carbocycles. The van der Waals surface area contributed by atoms with Gasteiger partial charge in [-0.2, -0.15) is 0 Å². The van der Waals surface area contributed by atoms with E-state index in [0.29, 0.717) is 0 Å². The maximum atomic E-state index is 5.48. The Labute approximate surface area is 97.8 Å². The summed E-state index contributed by atoms with van der Waals surface area (Å²) >= 11 is 0. The third-order valence-corrected chi connectivity index (χ3v) is 3.17. The van der Waals surface area contributed by atoms with E-state index >= 15 is 0 Å². The molecule has 2 N–H and O–H groups in total. The number of hydrogen-bond donors (Lipinski definition) is 1. The van der Waals surface area contributed by atoms with Gasteiger partial charge in [0.05, 0.1) is 13.2 Å². The van der Waals surface area contributed by atoms with E-state index in [1.807, 2.05) is 0 Å². The van der Waals surface area contributed by atoms with Gasteiger partial charge in [-0.15, -0.1) is 0 Å². The Morgan fingerprint density at radius 2 is 1.75 bits per heavy atom. The smallest absolute Gasteiger partial charge is 0.0519 e. The van der Waals surface area contributed by atoms with Gasteiger partial charge in [0.25, 0.3) is 0 Å². The van der Waals surface area contributed by atoms with Crippen molar-refractivity contribution < 1.29 is 4.74 Å². The zero-order valence-electron chi connectivity index (χ0n) is 9.82. The Kier molecular flexibility index (Phi) is 4.37. The first-order chi connectivity index (χ1) is 7.88. The summed E-state index contributed by atoms with van der Waals surface area (Å²) in [5.74, 6) is 0.753. The van der Waals surface area contributed by atoms with Gasteiger partial charge in [-0.3, -0.25) is 0 Å². The lowest BCUT2D eigenvalue weighted by Gasteiger charge is -2.25. The molecule has 0 radical (unpaired) electrons. The third-order valence-electron chi connectivity index (χ3n) is 3.17. The summed E-state index contributed by atoms with van der Waals surface area (Å²) in [4.78, 5) is 0. The van der Waals surface area contributed by atoms with E-state index in [0.717, 1.165) is 38.5 Å². The van der Waals surface area contributed by atoms with Gasteiger partial charge in [0, 0.05) is 5.92 Å². The summed E-state index contributed by atoms with van der Waals surface area (Å²) in [6, 6.07) is 9.03. The van der Waals surface area contributed by atoms with Gasteiger partial charge in [0.2, 0.25) is 0 Å². The summed E-state index contributed by atoms with van der Waals surface area (Å²) in [5, 5.41) is 0. The minimum absolute atomic E-state index is 0.753. The number of hydrogen-bond acceptors (Lipinski definition) is 2. The van der Waals surface area contributed by atoms with Crippen molar-refractivity contribution in [3.63, 3.8) is 0 Å². The third kappa shape index (κ3) is 3.32. The molecule has 2 heteroatoms. The van der Waals surface area contributed by atoms with Crippen molar-refractivity contribution in [2.24, 2.45) is 11.7 Å². The maximum Gasteiger partial charge on any atom is 0.0519 e. The number of rotatable bonds is 6. The molecule has 0 amide bonds. The largest absolute Gasteiger partial charge is 0.381 e. The predicted molar refractivity (Wildman–Crippen MR) is 66.4 cm³/mol. The van der Waals surface area contributed by atoms with E-state index in [1.165, 1.54) is 24.0 Å². The van der Waals surface area contributed by atoms with E-state index in [1.54, 1.807) is 0 Å². The molecule has 0 bridgehead atoms. The molecule has 1 aliphatic heterocycles. The highest BCUT2D eigenvalue weighted by molar-refractivity contribution is 5.23. The van der Waals surface area contributed by atoms with Gasteiger partial charge in [-0.25, -0.2) is 0 Å². The molecule has 1 fully saturated rings. The van der Waals surface area contributed by atoms with Crippen molar-refractivity contribution in [3.05, 3.63) is 35.4 Å². The van der Waals surface area contributed by atoms with Crippen LogP contribution in [-0.4, -0.2) is 19.8 Å². The van der Waals surface area contributed by atoms with Crippen LogP contribution in [0.15, 0.2) is 24.3 Å². The normalized spacial score (nSPS) is 16.1. The Bertz CT molecular complexity index is 303. The minimum Gasteiger partial charge on any atom is -0.381 e. The van der Waals surface area contributed by atoms with Gasteiger partial charge >= 0.3 is 0 Å². The average Bonchev–Trinajstić information content (AvgIpc) is 2.26. The SMILES string of the molecule is NCCCCc1ccc(CC2COC2)cc1. The summed E-state index contributed by atoms with van der Waals surface area (Å²) in [6.07, 6.45) is 4.65. The summed E-state index contributed by atoms with van der Waals surface area (Å²) < 4.78 is 5.18. The van der Waals surface area contributed by atoms with E-state index < -0.39 is 0 Å².